The van der Waals surface area contributed by atoms with E-state index in [1.54, 1.807) is 0 Å². The Bertz CT molecular complexity index is 1640. The normalized spacial score (nSPS) is 16.5. The van der Waals surface area contributed by atoms with Gasteiger partial charge in [0.15, 0.2) is 0 Å². The summed E-state index contributed by atoms with van der Waals surface area (Å²) in [5.74, 6) is -11.0. The highest BCUT2D eigenvalue weighted by atomic mass is 32.1. The van der Waals surface area contributed by atoms with Crippen LogP contribution >= 0.6 is 11.3 Å². The number of carboxylic acid groups (broad SMARTS) is 4. The number of aryl methyl sites for hydroxylation is 1. The van der Waals surface area contributed by atoms with Crippen molar-refractivity contribution in [2.75, 3.05) is 24.5 Å². The van der Waals surface area contributed by atoms with Gasteiger partial charge in [0.05, 0.1) is 11.4 Å². The molecule has 1 atom stereocenters. The van der Waals surface area contributed by atoms with Crippen LogP contribution in [0.25, 0.3) is 0 Å². The Balaban J connectivity index is 0.000000442. The highest BCUT2D eigenvalue weighted by molar-refractivity contribution is 7.11. The van der Waals surface area contributed by atoms with E-state index in [2.05, 4.69) is 52.0 Å². The lowest BCUT2D eigenvalue weighted by Crippen LogP contribution is -2.36. The van der Waals surface area contributed by atoms with Gasteiger partial charge >= 0.3 is 48.6 Å². The second-order valence-corrected chi connectivity index (χ2v) is 12.4. The van der Waals surface area contributed by atoms with Crippen molar-refractivity contribution in [1.82, 2.24) is 14.9 Å². The van der Waals surface area contributed by atoms with Crippen molar-refractivity contribution in [3.05, 3.63) is 76.0 Å². The van der Waals surface area contributed by atoms with E-state index in [0.717, 1.165) is 32.7 Å². The van der Waals surface area contributed by atoms with Gasteiger partial charge in [0.1, 0.15) is 0 Å². The standard InChI is InChI=1S/C22H24N4S.4C2HF3O2/c1-17-6-7-19(27-17)14-25-11-8-22(15-25)16-26(13-18-4-2-9-23-12-18)20-5-3-10-24-21(20)22;4*3-2(4,5)1(6)7/h2-7,9-10,12H,8,11,13-16H2,1H3;4*(H,6,7). The van der Waals surface area contributed by atoms with Gasteiger partial charge in [-0.15, -0.1) is 11.3 Å². The molecule has 1 unspecified atom stereocenters. The number of hydrogen-bond donors (Lipinski definition) is 4. The minimum Gasteiger partial charge on any atom is -0.475 e. The van der Waals surface area contributed by atoms with Gasteiger partial charge in [-0.2, -0.15) is 52.7 Å². The van der Waals surface area contributed by atoms with Crippen molar-refractivity contribution >= 4 is 40.9 Å². The van der Waals surface area contributed by atoms with Gasteiger partial charge in [-0.1, -0.05) is 6.07 Å². The first kappa shape index (κ1) is 47.8. The first-order valence-corrected chi connectivity index (χ1v) is 15.4. The lowest BCUT2D eigenvalue weighted by molar-refractivity contribution is -0.193. The highest BCUT2D eigenvalue weighted by Gasteiger charge is 2.48. The lowest BCUT2D eigenvalue weighted by Gasteiger charge is -2.26. The molecule has 1 spiro atoms. The van der Waals surface area contributed by atoms with Crippen LogP contribution in [0.4, 0.5) is 58.4 Å². The van der Waals surface area contributed by atoms with E-state index in [9.17, 15) is 52.7 Å². The van der Waals surface area contributed by atoms with Crippen molar-refractivity contribution in [3.8, 4) is 0 Å². The van der Waals surface area contributed by atoms with Crippen LogP contribution in [0.5, 0.6) is 0 Å². The summed E-state index contributed by atoms with van der Waals surface area (Å²) < 4.78 is 127. The fourth-order valence-electron chi connectivity index (χ4n) is 4.65. The molecule has 3 aromatic heterocycles. The minimum atomic E-state index is -5.08. The Hall–Kier alpha value is -5.20. The summed E-state index contributed by atoms with van der Waals surface area (Å²) in [6.07, 6.45) is -13.4. The van der Waals surface area contributed by atoms with Gasteiger partial charge < -0.3 is 25.3 Å². The predicted octanol–water partition coefficient (Wildman–Crippen LogP) is 6.54. The number of anilines is 1. The van der Waals surface area contributed by atoms with Crippen LogP contribution < -0.4 is 4.90 Å². The second-order valence-electron chi connectivity index (χ2n) is 11.1. The molecule has 1 fully saturated rings. The third-order valence-electron chi connectivity index (χ3n) is 6.80. The molecule has 5 rings (SSSR count). The number of aromatic nitrogens is 2. The maximum Gasteiger partial charge on any atom is 0.490 e. The lowest BCUT2D eigenvalue weighted by atomic mass is 9.85. The predicted molar refractivity (Wildman–Crippen MR) is 165 cm³/mol. The number of likely N-dealkylation sites (tertiary alicyclic amines) is 1. The SMILES string of the molecule is Cc1ccc(CN2CCC3(C2)CN(Cc2cccnc2)c2cccnc23)s1.O=C(O)C(F)(F)F.O=C(O)C(F)(F)F.O=C(O)C(F)(F)F.O=C(O)C(F)(F)F. The summed E-state index contributed by atoms with van der Waals surface area (Å²) in [7, 11) is 0. The molecular weight excluding hydrogens is 804 g/mol. The Kier molecular flexibility index (Phi) is 16.9. The fraction of sp³-hybridized carbons (Fsp3) is 0.400. The first-order chi connectivity index (χ1) is 25.0. The summed E-state index contributed by atoms with van der Waals surface area (Å²) >= 11 is 1.92. The molecule has 0 radical (unpaired) electrons. The number of thiophene rings is 1. The molecule has 2 aliphatic rings. The molecule has 0 aromatic carbocycles. The summed E-state index contributed by atoms with van der Waals surface area (Å²) in [5.41, 5.74) is 4.01. The topological polar surface area (TPSA) is 181 Å². The van der Waals surface area contributed by atoms with E-state index in [-0.39, 0.29) is 5.41 Å². The third kappa shape index (κ3) is 16.4. The number of aliphatic carboxylic acids is 4. The van der Waals surface area contributed by atoms with Crippen molar-refractivity contribution < 1.29 is 92.3 Å². The zero-order chi connectivity index (χ0) is 42.6. The van der Waals surface area contributed by atoms with Gasteiger partial charge in [-0.25, -0.2) is 19.2 Å². The van der Waals surface area contributed by atoms with Crippen LogP contribution in [0.3, 0.4) is 0 Å². The summed E-state index contributed by atoms with van der Waals surface area (Å²) in [5, 5.41) is 28.5. The van der Waals surface area contributed by atoms with Gasteiger partial charge in [-0.05, 0) is 55.8 Å². The molecule has 1 saturated heterocycles. The van der Waals surface area contributed by atoms with Gasteiger partial charge in [-0.3, -0.25) is 14.9 Å². The fourth-order valence-corrected chi connectivity index (χ4v) is 5.58. The Morgan fingerprint density at radius 1 is 0.709 bits per heavy atom. The van der Waals surface area contributed by atoms with E-state index in [0.29, 0.717) is 0 Å². The van der Waals surface area contributed by atoms with Crippen LogP contribution in [0.2, 0.25) is 0 Å². The molecule has 3 aromatic rings. The summed E-state index contributed by atoms with van der Waals surface area (Å²) in [6, 6.07) is 13.0. The number of carboxylic acids is 4. The van der Waals surface area contributed by atoms with Crippen LogP contribution in [-0.4, -0.2) is 104 Å². The van der Waals surface area contributed by atoms with Crippen molar-refractivity contribution in [1.29, 1.82) is 0 Å². The first-order valence-electron chi connectivity index (χ1n) is 14.6. The van der Waals surface area contributed by atoms with Crippen molar-refractivity contribution in [3.63, 3.8) is 0 Å². The number of pyridine rings is 2. The van der Waals surface area contributed by atoms with E-state index in [1.165, 1.54) is 33.1 Å². The zero-order valence-corrected chi connectivity index (χ0v) is 28.4. The largest absolute Gasteiger partial charge is 0.490 e. The molecule has 55 heavy (non-hydrogen) atoms. The van der Waals surface area contributed by atoms with Crippen molar-refractivity contribution in [2.24, 2.45) is 0 Å². The van der Waals surface area contributed by atoms with Crippen LogP contribution in [0, 0.1) is 6.92 Å². The smallest absolute Gasteiger partial charge is 0.475 e. The Morgan fingerprint density at radius 2 is 1.18 bits per heavy atom. The molecule has 306 valence electrons. The van der Waals surface area contributed by atoms with Crippen LogP contribution in [0.15, 0.2) is 55.0 Å². The number of halogens is 12. The Morgan fingerprint density at radius 3 is 1.58 bits per heavy atom. The molecule has 12 nitrogen and oxygen atoms in total. The van der Waals surface area contributed by atoms with E-state index >= 15 is 0 Å². The zero-order valence-electron chi connectivity index (χ0n) is 27.6. The summed E-state index contributed by atoms with van der Waals surface area (Å²) in [6.45, 7) is 7.44. The number of rotatable bonds is 4. The monoisotopic (exact) mass is 832 g/mol. The van der Waals surface area contributed by atoms with Gasteiger partial charge in [0.2, 0.25) is 0 Å². The number of nitrogens with zero attached hydrogens (tertiary/aromatic N) is 4. The summed E-state index contributed by atoms with van der Waals surface area (Å²) in [4.78, 5) is 52.7. The molecule has 0 amide bonds. The maximum atomic E-state index is 10.6. The Labute approximate surface area is 305 Å². The third-order valence-corrected chi connectivity index (χ3v) is 7.78. The average molecular weight is 833 g/mol. The second kappa shape index (κ2) is 19.4. The van der Waals surface area contributed by atoms with Crippen molar-refractivity contribution in [2.45, 2.75) is 56.6 Å². The molecule has 25 heteroatoms. The molecule has 4 N–H and O–H groups in total. The number of hydrogen-bond acceptors (Lipinski definition) is 9. The number of fused-ring (bicyclic) bond motifs is 2. The molecule has 5 heterocycles. The number of alkyl halides is 12. The van der Waals surface area contributed by atoms with E-state index < -0.39 is 48.6 Å². The maximum absolute atomic E-state index is 10.6. The van der Waals surface area contributed by atoms with E-state index in [1.807, 2.05) is 36.0 Å². The molecule has 0 aliphatic carbocycles. The number of carbonyl (C=O) groups is 4. The quantitative estimate of drug-likeness (QED) is 0.209. The average Bonchev–Trinajstić information content (AvgIpc) is 3.74. The van der Waals surface area contributed by atoms with Crippen LogP contribution in [0.1, 0.15) is 27.4 Å². The van der Waals surface area contributed by atoms with Crippen LogP contribution in [-0.2, 0) is 37.7 Å². The molecule has 2 aliphatic heterocycles. The van der Waals surface area contributed by atoms with E-state index in [4.69, 9.17) is 44.6 Å². The van der Waals surface area contributed by atoms with Gasteiger partial charge in [0, 0.05) is 59.9 Å². The minimum absolute atomic E-state index is 0.158. The highest BCUT2D eigenvalue weighted by Crippen LogP contribution is 2.46. The molecule has 0 saturated carbocycles. The molecule has 0 bridgehead atoms. The molecular formula is C30H28F12N4O8S. The van der Waals surface area contributed by atoms with Gasteiger partial charge in [0.25, 0.3) is 0 Å².